The van der Waals surface area contributed by atoms with Crippen molar-refractivity contribution in [1.29, 1.82) is 5.26 Å². The molecule has 1 saturated heterocycles. The number of benzene rings is 2. The number of carbonyl (C=O) groups excluding carboxylic acids is 1. The van der Waals surface area contributed by atoms with Gasteiger partial charge in [0.2, 0.25) is 10.0 Å². The molecule has 4 rings (SSSR count). The molecule has 1 fully saturated rings. The van der Waals surface area contributed by atoms with Gasteiger partial charge in [-0.15, -0.1) is 0 Å². The van der Waals surface area contributed by atoms with Crippen molar-refractivity contribution in [2.75, 3.05) is 26.2 Å². The second kappa shape index (κ2) is 8.10. The van der Waals surface area contributed by atoms with E-state index in [1.165, 1.54) is 34.8 Å². The predicted octanol–water partition coefficient (Wildman–Crippen LogP) is 1.89. The molecular weight excluding hydrogens is 402 g/mol. The molecule has 8 nitrogen and oxygen atoms in total. The van der Waals surface area contributed by atoms with Crippen LogP contribution in [-0.2, 0) is 10.0 Å². The van der Waals surface area contributed by atoms with Crippen molar-refractivity contribution in [2.24, 2.45) is 0 Å². The van der Waals surface area contributed by atoms with Crippen LogP contribution >= 0.6 is 0 Å². The first-order valence-corrected chi connectivity index (χ1v) is 10.8. The van der Waals surface area contributed by atoms with Gasteiger partial charge < -0.3 is 4.90 Å². The Labute approximate surface area is 174 Å². The van der Waals surface area contributed by atoms with E-state index in [9.17, 15) is 13.2 Å². The monoisotopic (exact) mass is 421 g/mol. The Balaban J connectivity index is 1.47. The number of rotatable bonds is 4. The number of aromatic nitrogens is 2. The lowest BCUT2D eigenvalue weighted by atomic mass is 10.2. The fraction of sp³-hybridized carbons (Fsp3) is 0.190. The lowest BCUT2D eigenvalue weighted by Crippen LogP contribution is -2.50. The number of sulfonamides is 1. The fourth-order valence-electron chi connectivity index (χ4n) is 3.39. The molecule has 0 aliphatic carbocycles. The van der Waals surface area contributed by atoms with E-state index in [1.807, 2.05) is 36.4 Å². The molecule has 3 aromatic rings. The summed E-state index contributed by atoms with van der Waals surface area (Å²) in [6.45, 7) is 0.976. The molecule has 0 N–H and O–H groups in total. The second-order valence-electron chi connectivity index (χ2n) is 6.82. The summed E-state index contributed by atoms with van der Waals surface area (Å²) in [7, 11) is -3.67. The summed E-state index contributed by atoms with van der Waals surface area (Å²) in [5.74, 6) is -0.188. The number of para-hydroxylation sites is 1. The molecule has 2 aromatic carbocycles. The molecule has 0 bridgehead atoms. The van der Waals surface area contributed by atoms with Crippen molar-refractivity contribution < 1.29 is 13.2 Å². The van der Waals surface area contributed by atoms with Gasteiger partial charge in [-0.05, 0) is 36.4 Å². The molecule has 0 radical (unpaired) electrons. The Hall–Kier alpha value is -3.48. The van der Waals surface area contributed by atoms with Crippen molar-refractivity contribution in [1.82, 2.24) is 18.8 Å². The number of amides is 1. The SMILES string of the molecule is N#Cc1ccc(S(=O)(=O)N2CCN(C(=O)c3cncn3-c3ccccc3)CC2)cc1. The lowest BCUT2D eigenvalue weighted by molar-refractivity contribution is 0.0690. The summed E-state index contributed by atoms with van der Waals surface area (Å²) < 4.78 is 28.8. The number of piperazine rings is 1. The van der Waals surface area contributed by atoms with Gasteiger partial charge in [0.25, 0.3) is 5.91 Å². The van der Waals surface area contributed by atoms with Gasteiger partial charge >= 0.3 is 0 Å². The van der Waals surface area contributed by atoms with Gasteiger partial charge in [-0.25, -0.2) is 13.4 Å². The maximum Gasteiger partial charge on any atom is 0.272 e. The van der Waals surface area contributed by atoms with Gasteiger partial charge in [0.05, 0.1) is 29.1 Å². The topological polar surface area (TPSA) is 99.3 Å². The average Bonchev–Trinajstić information content (AvgIpc) is 3.29. The zero-order valence-electron chi connectivity index (χ0n) is 16.0. The maximum atomic E-state index is 13.0. The highest BCUT2D eigenvalue weighted by Gasteiger charge is 2.31. The molecule has 0 unspecified atom stereocenters. The molecule has 1 amide bonds. The van der Waals surface area contributed by atoms with E-state index in [4.69, 9.17) is 5.26 Å². The van der Waals surface area contributed by atoms with Crippen LogP contribution in [0.2, 0.25) is 0 Å². The minimum atomic E-state index is -3.67. The van der Waals surface area contributed by atoms with Crippen LogP contribution in [0.5, 0.6) is 0 Å². The normalized spacial score (nSPS) is 15.0. The van der Waals surface area contributed by atoms with Crippen LogP contribution in [0, 0.1) is 11.3 Å². The Bertz CT molecular complexity index is 1190. The highest BCUT2D eigenvalue weighted by molar-refractivity contribution is 7.89. The fourth-order valence-corrected chi connectivity index (χ4v) is 4.81. The summed E-state index contributed by atoms with van der Waals surface area (Å²) in [6.07, 6.45) is 3.11. The molecule has 2 heterocycles. The van der Waals surface area contributed by atoms with E-state index in [0.717, 1.165) is 5.69 Å². The van der Waals surface area contributed by atoms with Crippen molar-refractivity contribution >= 4 is 15.9 Å². The second-order valence-corrected chi connectivity index (χ2v) is 8.75. The van der Waals surface area contributed by atoms with Crippen LogP contribution in [0.25, 0.3) is 5.69 Å². The molecule has 9 heteroatoms. The van der Waals surface area contributed by atoms with Crippen molar-refractivity contribution in [3.8, 4) is 11.8 Å². The zero-order valence-corrected chi connectivity index (χ0v) is 16.9. The van der Waals surface area contributed by atoms with Gasteiger partial charge in [0, 0.05) is 31.9 Å². The van der Waals surface area contributed by atoms with Crippen LogP contribution in [0.4, 0.5) is 0 Å². The Morgan fingerprint density at radius 3 is 2.27 bits per heavy atom. The van der Waals surface area contributed by atoms with Crippen molar-refractivity contribution in [3.63, 3.8) is 0 Å². The largest absolute Gasteiger partial charge is 0.335 e. The molecule has 0 atom stereocenters. The van der Waals surface area contributed by atoms with Crippen molar-refractivity contribution in [2.45, 2.75) is 4.90 Å². The van der Waals surface area contributed by atoms with Gasteiger partial charge in [0.15, 0.2) is 0 Å². The number of nitrogens with zero attached hydrogens (tertiary/aromatic N) is 5. The first-order chi connectivity index (χ1) is 14.5. The van der Waals surface area contributed by atoms with Crippen LogP contribution in [-0.4, -0.2) is 59.3 Å². The molecular formula is C21H19N5O3S. The minimum Gasteiger partial charge on any atom is -0.335 e. The number of carbonyl (C=O) groups is 1. The predicted molar refractivity (Wildman–Crippen MR) is 109 cm³/mol. The van der Waals surface area contributed by atoms with Crippen LogP contribution in [0.15, 0.2) is 72.0 Å². The maximum absolute atomic E-state index is 13.0. The summed E-state index contributed by atoms with van der Waals surface area (Å²) >= 11 is 0. The van der Waals surface area contributed by atoms with Gasteiger partial charge in [-0.3, -0.25) is 9.36 Å². The van der Waals surface area contributed by atoms with E-state index < -0.39 is 10.0 Å². The minimum absolute atomic E-state index is 0.142. The zero-order chi connectivity index (χ0) is 21.1. The quantitative estimate of drug-likeness (QED) is 0.641. The Kier molecular flexibility index (Phi) is 5.35. The van der Waals surface area contributed by atoms with Gasteiger partial charge in [0.1, 0.15) is 5.69 Å². The highest BCUT2D eigenvalue weighted by atomic mass is 32.2. The lowest BCUT2D eigenvalue weighted by Gasteiger charge is -2.34. The summed E-state index contributed by atoms with van der Waals surface area (Å²) in [4.78, 5) is 18.9. The third kappa shape index (κ3) is 3.70. The molecule has 0 saturated carbocycles. The van der Waals surface area contributed by atoms with E-state index in [-0.39, 0.29) is 37.0 Å². The molecule has 1 aromatic heterocycles. The first-order valence-electron chi connectivity index (χ1n) is 9.38. The Morgan fingerprint density at radius 1 is 0.967 bits per heavy atom. The number of imidazole rings is 1. The standard InChI is InChI=1S/C21H19N5O3S/c22-14-17-6-8-19(9-7-17)30(28,29)25-12-10-24(11-13-25)21(27)20-15-23-16-26(20)18-4-2-1-3-5-18/h1-9,15-16H,10-13H2. The van der Waals surface area contributed by atoms with E-state index >= 15 is 0 Å². The molecule has 152 valence electrons. The molecule has 1 aliphatic rings. The number of hydrogen-bond donors (Lipinski definition) is 0. The average molecular weight is 421 g/mol. The number of hydrogen-bond acceptors (Lipinski definition) is 5. The van der Waals surface area contributed by atoms with E-state index in [1.54, 1.807) is 15.8 Å². The van der Waals surface area contributed by atoms with Crippen LogP contribution in [0.1, 0.15) is 16.1 Å². The third-order valence-electron chi connectivity index (χ3n) is 5.04. The van der Waals surface area contributed by atoms with E-state index in [0.29, 0.717) is 11.3 Å². The highest BCUT2D eigenvalue weighted by Crippen LogP contribution is 2.20. The van der Waals surface area contributed by atoms with Crippen LogP contribution in [0.3, 0.4) is 0 Å². The number of nitriles is 1. The summed E-state index contributed by atoms with van der Waals surface area (Å²) in [5, 5.41) is 8.88. The molecule has 0 spiro atoms. The molecule has 30 heavy (non-hydrogen) atoms. The van der Waals surface area contributed by atoms with E-state index in [2.05, 4.69) is 4.98 Å². The summed E-state index contributed by atoms with van der Waals surface area (Å²) in [5.41, 5.74) is 1.67. The smallest absolute Gasteiger partial charge is 0.272 e. The third-order valence-corrected chi connectivity index (χ3v) is 6.95. The molecule has 1 aliphatic heterocycles. The van der Waals surface area contributed by atoms with Gasteiger partial charge in [-0.1, -0.05) is 18.2 Å². The van der Waals surface area contributed by atoms with Crippen molar-refractivity contribution in [3.05, 3.63) is 78.4 Å². The van der Waals surface area contributed by atoms with Gasteiger partial charge in [-0.2, -0.15) is 9.57 Å². The van der Waals surface area contributed by atoms with Crippen LogP contribution < -0.4 is 0 Å². The Morgan fingerprint density at radius 2 is 1.63 bits per heavy atom. The summed E-state index contributed by atoms with van der Waals surface area (Å²) in [6, 6.07) is 17.3. The first kappa shape index (κ1) is 19.8.